The number of likely N-dealkylation sites (tertiary alicyclic amines) is 1. The van der Waals surface area contributed by atoms with Gasteiger partial charge in [-0.3, -0.25) is 9.69 Å². The van der Waals surface area contributed by atoms with Crippen LogP contribution >= 0.6 is 11.3 Å². The van der Waals surface area contributed by atoms with Gasteiger partial charge in [-0.15, -0.1) is 11.3 Å². The molecule has 1 spiro atoms. The molecule has 150 valence electrons. The quantitative estimate of drug-likeness (QED) is 0.800. The fraction of sp³-hybridized carbons (Fsp3) is 0.789. The molecule has 4 rings (SSSR count). The molecular weight excluding hydrogens is 362 g/mol. The largest absolute Gasteiger partial charge is 0.378 e. The maximum absolute atomic E-state index is 12.7. The standard InChI is InChI=1S/C19H31N5O2S/c1-18(2)13-21-16(25)19(22-14-18)3-5-23(6-4-19)12-15-11-20-17(27-15)24-7-9-26-10-8-24/h11,22H,3-10,12-14H2,1-2H3,(H,21,25). The molecule has 3 saturated heterocycles. The number of rotatable bonds is 3. The van der Waals surface area contributed by atoms with Crippen LogP contribution in [0, 0.1) is 5.41 Å². The van der Waals surface area contributed by atoms with Crippen LogP contribution in [0.15, 0.2) is 6.20 Å². The van der Waals surface area contributed by atoms with Crippen molar-refractivity contribution >= 4 is 22.4 Å². The van der Waals surface area contributed by atoms with Crippen LogP contribution in [0.1, 0.15) is 31.6 Å². The van der Waals surface area contributed by atoms with Gasteiger partial charge < -0.3 is 20.3 Å². The Hall–Kier alpha value is -1.22. The molecule has 4 heterocycles. The minimum Gasteiger partial charge on any atom is -0.378 e. The highest BCUT2D eigenvalue weighted by atomic mass is 32.1. The highest BCUT2D eigenvalue weighted by Crippen LogP contribution is 2.30. The number of ether oxygens (including phenoxy) is 1. The Morgan fingerprint density at radius 2 is 1.93 bits per heavy atom. The third kappa shape index (κ3) is 4.29. The van der Waals surface area contributed by atoms with Gasteiger partial charge >= 0.3 is 0 Å². The van der Waals surface area contributed by atoms with E-state index in [0.717, 1.165) is 77.0 Å². The molecule has 1 amide bonds. The van der Waals surface area contributed by atoms with E-state index in [9.17, 15) is 4.79 Å². The zero-order chi connectivity index (χ0) is 18.9. The van der Waals surface area contributed by atoms with Gasteiger partial charge in [-0.25, -0.2) is 4.98 Å². The molecule has 0 aliphatic carbocycles. The Labute approximate surface area is 165 Å². The molecule has 7 nitrogen and oxygen atoms in total. The molecular formula is C19H31N5O2S. The third-order valence-corrected chi connectivity index (χ3v) is 7.02. The first-order valence-corrected chi connectivity index (χ1v) is 10.8. The molecule has 1 aromatic rings. The lowest BCUT2D eigenvalue weighted by Gasteiger charge is -2.40. The SMILES string of the molecule is CC1(C)CNC(=O)C2(CCN(Cc3cnc(N4CCOCC4)s3)CC2)NC1. The van der Waals surface area contributed by atoms with Crippen molar-refractivity contribution in [2.45, 2.75) is 38.8 Å². The molecule has 3 aliphatic rings. The number of hydrogen-bond donors (Lipinski definition) is 2. The summed E-state index contributed by atoms with van der Waals surface area (Å²) in [5.41, 5.74) is -0.286. The number of anilines is 1. The first kappa shape index (κ1) is 19.1. The summed E-state index contributed by atoms with van der Waals surface area (Å²) in [4.78, 5) is 23.4. The van der Waals surface area contributed by atoms with Crippen molar-refractivity contribution in [3.05, 3.63) is 11.1 Å². The number of carbonyl (C=O) groups is 1. The minimum absolute atomic E-state index is 0.106. The van der Waals surface area contributed by atoms with E-state index < -0.39 is 5.54 Å². The number of nitrogens with zero attached hydrogens (tertiary/aromatic N) is 3. The molecule has 0 aromatic carbocycles. The Morgan fingerprint density at radius 1 is 1.19 bits per heavy atom. The Bertz CT molecular complexity index is 663. The maximum Gasteiger partial charge on any atom is 0.240 e. The van der Waals surface area contributed by atoms with Crippen LogP contribution < -0.4 is 15.5 Å². The Morgan fingerprint density at radius 3 is 2.67 bits per heavy atom. The van der Waals surface area contributed by atoms with Gasteiger partial charge in [-0.05, 0) is 18.3 Å². The van der Waals surface area contributed by atoms with Gasteiger partial charge in [0.25, 0.3) is 0 Å². The van der Waals surface area contributed by atoms with E-state index in [1.54, 1.807) is 11.3 Å². The van der Waals surface area contributed by atoms with E-state index in [1.807, 2.05) is 6.20 Å². The van der Waals surface area contributed by atoms with Crippen LogP contribution in [0.2, 0.25) is 0 Å². The first-order chi connectivity index (χ1) is 13.0. The predicted molar refractivity (Wildman–Crippen MR) is 107 cm³/mol. The molecule has 0 atom stereocenters. The summed E-state index contributed by atoms with van der Waals surface area (Å²) in [5.74, 6) is 0.181. The molecule has 0 saturated carbocycles. The van der Waals surface area contributed by atoms with Gasteiger partial charge in [0, 0.05) is 56.9 Å². The van der Waals surface area contributed by atoms with Crippen LogP contribution in [-0.2, 0) is 16.1 Å². The van der Waals surface area contributed by atoms with Crippen LogP contribution in [0.3, 0.4) is 0 Å². The average Bonchev–Trinajstić information content (AvgIpc) is 3.11. The van der Waals surface area contributed by atoms with Crippen LogP contribution in [0.25, 0.3) is 0 Å². The maximum atomic E-state index is 12.7. The normalized spacial score (nSPS) is 26.0. The van der Waals surface area contributed by atoms with Crippen molar-refractivity contribution in [3.63, 3.8) is 0 Å². The number of morpholine rings is 1. The van der Waals surface area contributed by atoms with Crippen LogP contribution in [0.5, 0.6) is 0 Å². The fourth-order valence-corrected chi connectivity index (χ4v) is 5.03. The molecule has 3 fully saturated rings. The number of carbonyl (C=O) groups excluding carboxylic acids is 1. The molecule has 3 aliphatic heterocycles. The van der Waals surface area contributed by atoms with E-state index in [0.29, 0.717) is 0 Å². The third-order valence-electron chi connectivity index (χ3n) is 5.98. The minimum atomic E-state index is -0.392. The predicted octanol–water partition coefficient (Wildman–Crippen LogP) is 1.06. The highest BCUT2D eigenvalue weighted by Gasteiger charge is 2.44. The molecule has 27 heavy (non-hydrogen) atoms. The summed E-state index contributed by atoms with van der Waals surface area (Å²) < 4.78 is 5.42. The van der Waals surface area contributed by atoms with E-state index in [1.165, 1.54) is 4.88 Å². The fourth-order valence-electron chi connectivity index (χ4n) is 4.03. The highest BCUT2D eigenvalue weighted by molar-refractivity contribution is 7.15. The van der Waals surface area contributed by atoms with Crippen molar-refractivity contribution in [1.29, 1.82) is 0 Å². The van der Waals surface area contributed by atoms with E-state index in [2.05, 4.69) is 39.3 Å². The molecule has 0 bridgehead atoms. The van der Waals surface area contributed by atoms with E-state index in [-0.39, 0.29) is 11.3 Å². The number of hydrogen-bond acceptors (Lipinski definition) is 7. The molecule has 8 heteroatoms. The topological polar surface area (TPSA) is 69.7 Å². The number of piperidine rings is 1. The number of thiazole rings is 1. The first-order valence-electron chi connectivity index (χ1n) is 9.99. The van der Waals surface area contributed by atoms with Crippen molar-refractivity contribution in [2.75, 3.05) is 57.4 Å². The van der Waals surface area contributed by atoms with Crippen molar-refractivity contribution in [1.82, 2.24) is 20.5 Å². The monoisotopic (exact) mass is 393 g/mol. The summed E-state index contributed by atoms with van der Waals surface area (Å²) in [5, 5.41) is 7.86. The lowest BCUT2D eigenvalue weighted by atomic mass is 9.86. The molecule has 0 unspecified atom stereocenters. The molecule has 1 aromatic heterocycles. The van der Waals surface area contributed by atoms with Gasteiger partial charge in [0.1, 0.15) is 5.54 Å². The molecule has 2 N–H and O–H groups in total. The Balaban J connectivity index is 1.33. The number of aromatic nitrogens is 1. The van der Waals surface area contributed by atoms with E-state index in [4.69, 9.17) is 4.74 Å². The van der Waals surface area contributed by atoms with E-state index >= 15 is 0 Å². The summed E-state index contributed by atoms with van der Waals surface area (Å²) >= 11 is 1.79. The van der Waals surface area contributed by atoms with Crippen molar-refractivity contribution < 1.29 is 9.53 Å². The van der Waals surface area contributed by atoms with Gasteiger partial charge in [0.05, 0.1) is 13.2 Å². The summed E-state index contributed by atoms with van der Waals surface area (Å²) in [7, 11) is 0. The van der Waals surface area contributed by atoms with Crippen LogP contribution in [0.4, 0.5) is 5.13 Å². The van der Waals surface area contributed by atoms with Gasteiger partial charge in [0.15, 0.2) is 5.13 Å². The second kappa shape index (κ2) is 7.66. The zero-order valence-electron chi connectivity index (χ0n) is 16.4. The second-order valence-corrected chi connectivity index (χ2v) is 9.86. The number of nitrogens with one attached hydrogen (secondary N) is 2. The second-order valence-electron chi connectivity index (χ2n) is 8.77. The summed E-state index contributed by atoms with van der Waals surface area (Å²) in [6.45, 7) is 12.2. The van der Waals surface area contributed by atoms with Gasteiger partial charge in [-0.2, -0.15) is 0 Å². The van der Waals surface area contributed by atoms with Crippen molar-refractivity contribution in [2.24, 2.45) is 5.41 Å². The van der Waals surface area contributed by atoms with Crippen molar-refractivity contribution in [3.8, 4) is 0 Å². The number of amides is 1. The zero-order valence-corrected chi connectivity index (χ0v) is 17.2. The summed E-state index contributed by atoms with van der Waals surface area (Å²) in [6, 6.07) is 0. The average molecular weight is 394 g/mol. The van der Waals surface area contributed by atoms with Gasteiger partial charge in [-0.1, -0.05) is 13.8 Å². The summed E-state index contributed by atoms with van der Waals surface area (Å²) in [6.07, 6.45) is 3.74. The van der Waals surface area contributed by atoms with Crippen LogP contribution in [-0.4, -0.2) is 73.8 Å². The Kier molecular flexibility index (Phi) is 5.42. The lowest BCUT2D eigenvalue weighted by molar-refractivity contribution is -0.129. The lowest BCUT2D eigenvalue weighted by Crippen LogP contribution is -2.60. The van der Waals surface area contributed by atoms with Gasteiger partial charge in [0.2, 0.25) is 5.91 Å². The molecule has 0 radical (unpaired) electrons. The smallest absolute Gasteiger partial charge is 0.240 e.